The van der Waals surface area contributed by atoms with Crippen molar-refractivity contribution in [2.75, 3.05) is 13.1 Å². The van der Waals surface area contributed by atoms with Crippen LogP contribution in [-0.2, 0) is 14.3 Å². The van der Waals surface area contributed by atoms with E-state index in [0.29, 0.717) is 0 Å². The van der Waals surface area contributed by atoms with Crippen molar-refractivity contribution in [1.82, 2.24) is 4.90 Å². The molecule has 2 N–H and O–H groups in total. The van der Waals surface area contributed by atoms with Crippen LogP contribution in [0.15, 0.2) is 0 Å². The summed E-state index contributed by atoms with van der Waals surface area (Å²) in [5, 5.41) is 0. The van der Waals surface area contributed by atoms with Gasteiger partial charge in [0.2, 0.25) is 5.91 Å². The Bertz CT molecular complexity index is 279. The number of rotatable bonds is 4. The molecular formula is C11H20N2O3. The molecule has 0 aromatic carbocycles. The first-order chi connectivity index (χ1) is 7.33. The van der Waals surface area contributed by atoms with Crippen molar-refractivity contribution in [2.45, 2.75) is 45.3 Å². The average molecular weight is 228 g/mol. The van der Waals surface area contributed by atoms with Crippen molar-refractivity contribution in [3.63, 3.8) is 0 Å². The van der Waals surface area contributed by atoms with Crippen LogP contribution in [-0.4, -0.2) is 41.5 Å². The fourth-order valence-corrected chi connectivity index (χ4v) is 1.44. The number of carbonyl (C=O) groups is 2. The van der Waals surface area contributed by atoms with E-state index >= 15 is 0 Å². The van der Waals surface area contributed by atoms with Crippen LogP contribution in [0.1, 0.15) is 33.6 Å². The second kappa shape index (κ2) is 4.82. The number of nitrogens with zero attached hydrogens (tertiary/aromatic N) is 1. The number of nitrogens with two attached hydrogens (primary N) is 1. The van der Waals surface area contributed by atoms with Crippen molar-refractivity contribution in [2.24, 2.45) is 5.73 Å². The molecule has 0 aliphatic heterocycles. The zero-order valence-corrected chi connectivity index (χ0v) is 10.2. The maximum atomic E-state index is 11.6. The summed E-state index contributed by atoms with van der Waals surface area (Å²) >= 11 is 0. The summed E-state index contributed by atoms with van der Waals surface area (Å²) in [6.07, 6.45) is 1.91. The standard InChI is InChI=1S/C11H20N2O3/c1-11(2,3)16-10(15)7-13(8-4-5-8)9(14)6-12/h8H,4-7,12H2,1-3H3. The van der Waals surface area contributed by atoms with Crippen LogP contribution >= 0.6 is 0 Å². The van der Waals surface area contributed by atoms with Crippen LogP contribution < -0.4 is 5.73 Å². The smallest absolute Gasteiger partial charge is 0.326 e. The Hall–Kier alpha value is -1.10. The fourth-order valence-electron chi connectivity index (χ4n) is 1.44. The summed E-state index contributed by atoms with van der Waals surface area (Å²) in [6, 6.07) is 0.184. The molecule has 1 aliphatic rings. The molecule has 1 fully saturated rings. The molecule has 0 saturated heterocycles. The third-order valence-electron chi connectivity index (χ3n) is 2.20. The van der Waals surface area contributed by atoms with Crippen LogP contribution in [0.5, 0.6) is 0 Å². The van der Waals surface area contributed by atoms with Gasteiger partial charge in [0.25, 0.3) is 0 Å². The fraction of sp³-hybridized carbons (Fsp3) is 0.818. The summed E-state index contributed by atoms with van der Waals surface area (Å²) in [5.74, 6) is -0.561. The number of esters is 1. The Kier molecular flexibility index (Phi) is 3.91. The second-order valence-corrected chi connectivity index (χ2v) is 5.04. The predicted octanol–water partition coefficient (Wildman–Crippen LogP) is 0.278. The molecule has 5 heteroatoms. The third-order valence-corrected chi connectivity index (χ3v) is 2.20. The topological polar surface area (TPSA) is 72.6 Å². The molecule has 0 spiro atoms. The number of ether oxygens (including phenoxy) is 1. The minimum atomic E-state index is -0.516. The Morgan fingerprint density at radius 1 is 1.38 bits per heavy atom. The quantitative estimate of drug-likeness (QED) is 0.701. The van der Waals surface area contributed by atoms with Crippen LogP contribution in [0.2, 0.25) is 0 Å². The van der Waals surface area contributed by atoms with Crippen molar-refractivity contribution in [1.29, 1.82) is 0 Å². The minimum Gasteiger partial charge on any atom is -0.459 e. The normalized spacial score (nSPS) is 15.8. The van der Waals surface area contributed by atoms with E-state index in [1.54, 1.807) is 20.8 Å². The van der Waals surface area contributed by atoms with Crippen molar-refractivity contribution >= 4 is 11.9 Å². The Balaban J connectivity index is 2.49. The highest BCUT2D eigenvalue weighted by Crippen LogP contribution is 2.26. The van der Waals surface area contributed by atoms with E-state index in [9.17, 15) is 9.59 Å². The number of carbonyl (C=O) groups excluding carboxylic acids is 2. The van der Waals surface area contributed by atoms with Crippen LogP contribution in [0, 0.1) is 0 Å². The van der Waals surface area contributed by atoms with Gasteiger partial charge < -0.3 is 15.4 Å². The van der Waals surface area contributed by atoms with Crippen molar-refractivity contribution in [3.05, 3.63) is 0 Å². The van der Waals surface area contributed by atoms with E-state index in [0.717, 1.165) is 12.8 Å². The molecule has 0 aromatic heterocycles. The molecule has 0 unspecified atom stereocenters. The Morgan fingerprint density at radius 2 is 1.94 bits per heavy atom. The summed E-state index contributed by atoms with van der Waals surface area (Å²) in [7, 11) is 0. The largest absolute Gasteiger partial charge is 0.459 e. The molecule has 5 nitrogen and oxygen atoms in total. The maximum absolute atomic E-state index is 11.6. The molecule has 92 valence electrons. The highest BCUT2D eigenvalue weighted by molar-refractivity contribution is 5.83. The van der Waals surface area contributed by atoms with E-state index in [1.165, 1.54) is 4.90 Å². The van der Waals surface area contributed by atoms with E-state index in [-0.39, 0.29) is 31.0 Å². The molecule has 0 radical (unpaired) electrons. The van der Waals surface area contributed by atoms with Gasteiger partial charge in [0, 0.05) is 6.04 Å². The zero-order chi connectivity index (χ0) is 12.3. The first-order valence-corrected chi connectivity index (χ1v) is 5.55. The SMILES string of the molecule is CC(C)(C)OC(=O)CN(C(=O)CN)C1CC1. The molecule has 0 heterocycles. The van der Waals surface area contributed by atoms with Gasteiger partial charge in [0.1, 0.15) is 12.1 Å². The number of hydrogen-bond acceptors (Lipinski definition) is 4. The zero-order valence-electron chi connectivity index (χ0n) is 10.2. The molecule has 16 heavy (non-hydrogen) atoms. The van der Waals surface area contributed by atoms with Gasteiger partial charge in [-0.2, -0.15) is 0 Å². The molecular weight excluding hydrogens is 208 g/mol. The van der Waals surface area contributed by atoms with Gasteiger partial charge in [-0.1, -0.05) is 0 Å². The third kappa shape index (κ3) is 4.18. The highest BCUT2D eigenvalue weighted by Gasteiger charge is 2.34. The van der Waals surface area contributed by atoms with Crippen LogP contribution in [0.25, 0.3) is 0 Å². The molecule has 1 aliphatic carbocycles. The van der Waals surface area contributed by atoms with Gasteiger partial charge in [-0.05, 0) is 33.6 Å². The monoisotopic (exact) mass is 228 g/mol. The summed E-state index contributed by atoms with van der Waals surface area (Å²) in [5.41, 5.74) is 4.78. The van der Waals surface area contributed by atoms with Gasteiger partial charge in [-0.15, -0.1) is 0 Å². The minimum absolute atomic E-state index is 0.0119. The lowest BCUT2D eigenvalue weighted by atomic mass is 10.2. The van der Waals surface area contributed by atoms with E-state index < -0.39 is 5.60 Å². The van der Waals surface area contributed by atoms with Gasteiger partial charge in [0.05, 0.1) is 6.54 Å². The maximum Gasteiger partial charge on any atom is 0.326 e. The van der Waals surface area contributed by atoms with Crippen LogP contribution in [0.3, 0.4) is 0 Å². The molecule has 1 rings (SSSR count). The summed E-state index contributed by atoms with van der Waals surface area (Å²) < 4.78 is 5.17. The lowest BCUT2D eigenvalue weighted by Crippen LogP contribution is -2.42. The lowest BCUT2D eigenvalue weighted by Gasteiger charge is -2.24. The number of amides is 1. The molecule has 0 aromatic rings. The lowest BCUT2D eigenvalue weighted by molar-refractivity contribution is -0.159. The van der Waals surface area contributed by atoms with Gasteiger partial charge >= 0.3 is 5.97 Å². The van der Waals surface area contributed by atoms with Gasteiger partial charge in [0.15, 0.2) is 0 Å². The van der Waals surface area contributed by atoms with Gasteiger partial charge in [-0.25, -0.2) is 0 Å². The van der Waals surface area contributed by atoms with Gasteiger partial charge in [-0.3, -0.25) is 9.59 Å². The molecule has 1 saturated carbocycles. The van der Waals surface area contributed by atoms with E-state index in [1.807, 2.05) is 0 Å². The van der Waals surface area contributed by atoms with E-state index in [4.69, 9.17) is 10.5 Å². The predicted molar refractivity (Wildman–Crippen MR) is 59.6 cm³/mol. The highest BCUT2D eigenvalue weighted by atomic mass is 16.6. The molecule has 0 atom stereocenters. The average Bonchev–Trinajstić information content (AvgIpc) is 2.93. The summed E-state index contributed by atoms with van der Waals surface area (Å²) in [4.78, 5) is 24.6. The van der Waals surface area contributed by atoms with Crippen molar-refractivity contribution < 1.29 is 14.3 Å². The van der Waals surface area contributed by atoms with Crippen molar-refractivity contribution in [3.8, 4) is 0 Å². The molecule has 1 amide bonds. The first-order valence-electron chi connectivity index (χ1n) is 5.55. The van der Waals surface area contributed by atoms with Crippen LogP contribution in [0.4, 0.5) is 0 Å². The Labute approximate surface area is 95.9 Å². The summed E-state index contributed by atoms with van der Waals surface area (Å²) in [6.45, 7) is 5.36. The molecule has 0 bridgehead atoms. The first kappa shape index (κ1) is 13.0. The second-order valence-electron chi connectivity index (χ2n) is 5.04. The van der Waals surface area contributed by atoms with E-state index in [2.05, 4.69) is 0 Å². The Morgan fingerprint density at radius 3 is 2.31 bits per heavy atom. The number of hydrogen-bond donors (Lipinski definition) is 1.